The highest BCUT2D eigenvalue weighted by Crippen LogP contribution is 2.15. The molecule has 5 heteroatoms. The molecular weight excluding hydrogens is 314 g/mol. The molecule has 2 aromatic carbocycles. The van der Waals surface area contributed by atoms with Gasteiger partial charge in [-0.15, -0.1) is 0 Å². The normalized spacial score (nSPS) is 10.3. The zero-order valence-corrected chi connectivity index (χ0v) is 14.5. The molecule has 0 saturated carbocycles. The van der Waals surface area contributed by atoms with E-state index in [1.807, 2.05) is 42.5 Å². The molecule has 2 aromatic rings. The second-order valence-electron chi connectivity index (χ2n) is 5.84. The van der Waals surface area contributed by atoms with Crippen molar-refractivity contribution in [3.63, 3.8) is 0 Å². The van der Waals surface area contributed by atoms with Crippen LogP contribution in [0.5, 0.6) is 0 Å². The molecule has 0 aliphatic rings. The molecule has 0 aliphatic carbocycles. The van der Waals surface area contributed by atoms with E-state index < -0.39 is 0 Å². The summed E-state index contributed by atoms with van der Waals surface area (Å²) in [6.07, 6.45) is 2.10. The monoisotopic (exact) mass is 339 g/mol. The fraction of sp³-hybridized carbons (Fsp3) is 0.300. The molecule has 5 nitrogen and oxygen atoms in total. The van der Waals surface area contributed by atoms with Gasteiger partial charge in [-0.05, 0) is 43.1 Å². The first-order chi connectivity index (χ1) is 12.2. The SMILES string of the molecule is CCCNCC(=O)Nc1cccc(NC(=O)CCc2ccccc2)c1. The Morgan fingerprint density at radius 3 is 2.24 bits per heavy atom. The maximum atomic E-state index is 12.1. The molecule has 0 spiro atoms. The van der Waals surface area contributed by atoms with Crippen LogP contribution in [-0.4, -0.2) is 24.9 Å². The number of carbonyl (C=O) groups excluding carboxylic acids is 2. The topological polar surface area (TPSA) is 70.2 Å². The number of rotatable bonds is 9. The molecule has 0 aromatic heterocycles. The second-order valence-corrected chi connectivity index (χ2v) is 5.84. The number of anilines is 2. The van der Waals surface area contributed by atoms with Gasteiger partial charge in [-0.25, -0.2) is 0 Å². The summed E-state index contributed by atoms with van der Waals surface area (Å²) in [5, 5.41) is 8.74. The van der Waals surface area contributed by atoms with Crippen LogP contribution >= 0.6 is 0 Å². The Labute approximate surface area is 148 Å². The van der Waals surface area contributed by atoms with E-state index in [1.54, 1.807) is 12.1 Å². The average Bonchev–Trinajstić information content (AvgIpc) is 2.61. The lowest BCUT2D eigenvalue weighted by molar-refractivity contribution is -0.116. The Balaban J connectivity index is 1.81. The molecule has 2 amide bonds. The van der Waals surface area contributed by atoms with Gasteiger partial charge in [-0.3, -0.25) is 9.59 Å². The molecule has 0 unspecified atom stereocenters. The Morgan fingerprint density at radius 1 is 0.880 bits per heavy atom. The van der Waals surface area contributed by atoms with Gasteiger partial charge in [0.15, 0.2) is 0 Å². The van der Waals surface area contributed by atoms with Gasteiger partial charge in [0.2, 0.25) is 11.8 Å². The van der Waals surface area contributed by atoms with Gasteiger partial charge in [0.25, 0.3) is 0 Å². The first-order valence-electron chi connectivity index (χ1n) is 8.62. The van der Waals surface area contributed by atoms with Crippen molar-refractivity contribution in [3.05, 3.63) is 60.2 Å². The van der Waals surface area contributed by atoms with E-state index in [0.29, 0.717) is 24.2 Å². The quantitative estimate of drug-likeness (QED) is 0.615. The van der Waals surface area contributed by atoms with E-state index in [0.717, 1.165) is 18.5 Å². The third kappa shape index (κ3) is 7.18. The maximum absolute atomic E-state index is 12.1. The first kappa shape index (κ1) is 18.7. The lowest BCUT2D eigenvalue weighted by Gasteiger charge is -2.09. The minimum absolute atomic E-state index is 0.0445. The van der Waals surface area contributed by atoms with Crippen molar-refractivity contribution in [3.8, 4) is 0 Å². The summed E-state index contributed by atoms with van der Waals surface area (Å²) in [7, 11) is 0. The van der Waals surface area contributed by atoms with Gasteiger partial charge in [0.05, 0.1) is 6.54 Å². The molecule has 0 radical (unpaired) electrons. The molecule has 0 aliphatic heterocycles. The summed E-state index contributed by atoms with van der Waals surface area (Å²) in [4.78, 5) is 23.9. The highest BCUT2D eigenvalue weighted by molar-refractivity contribution is 5.94. The fourth-order valence-electron chi connectivity index (χ4n) is 2.38. The molecule has 0 atom stereocenters. The number of benzene rings is 2. The highest BCUT2D eigenvalue weighted by atomic mass is 16.2. The predicted molar refractivity (Wildman–Crippen MR) is 102 cm³/mol. The number of nitrogens with one attached hydrogen (secondary N) is 3. The highest BCUT2D eigenvalue weighted by Gasteiger charge is 2.05. The fourth-order valence-corrected chi connectivity index (χ4v) is 2.38. The summed E-state index contributed by atoms with van der Waals surface area (Å²) in [6, 6.07) is 17.1. The molecule has 2 rings (SSSR count). The lowest BCUT2D eigenvalue weighted by Crippen LogP contribution is -2.28. The van der Waals surface area contributed by atoms with Gasteiger partial charge in [-0.2, -0.15) is 0 Å². The van der Waals surface area contributed by atoms with Crippen molar-refractivity contribution in [1.29, 1.82) is 0 Å². The molecule has 132 valence electrons. The zero-order valence-electron chi connectivity index (χ0n) is 14.5. The summed E-state index contributed by atoms with van der Waals surface area (Å²) >= 11 is 0. The number of hydrogen-bond donors (Lipinski definition) is 3. The van der Waals surface area contributed by atoms with Crippen LogP contribution < -0.4 is 16.0 Å². The molecule has 0 bridgehead atoms. The number of carbonyl (C=O) groups is 2. The zero-order chi connectivity index (χ0) is 17.9. The van der Waals surface area contributed by atoms with Crippen molar-refractivity contribution < 1.29 is 9.59 Å². The number of hydrogen-bond acceptors (Lipinski definition) is 3. The Hall–Kier alpha value is -2.66. The Bertz CT molecular complexity index is 686. The third-order valence-corrected chi connectivity index (χ3v) is 3.63. The van der Waals surface area contributed by atoms with E-state index in [1.165, 1.54) is 0 Å². The molecule has 0 fully saturated rings. The summed E-state index contributed by atoms with van der Waals surface area (Å²) in [5.41, 5.74) is 2.49. The third-order valence-electron chi connectivity index (χ3n) is 3.63. The standard InChI is InChI=1S/C20H25N3O2/c1-2-13-21-15-20(25)23-18-10-6-9-17(14-18)22-19(24)12-11-16-7-4-3-5-8-16/h3-10,14,21H,2,11-13,15H2,1H3,(H,22,24)(H,23,25). The molecule has 0 heterocycles. The van der Waals surface area contributed by atoms with Crippen LogP contribution in [0.15, 0.2) is 54.6 Å². The van der Waals surface area contributed by atoms with Gasteiger partial charge < -0.3 is 16.0 Å². The van der Waals surface area contributed by atoms with Crippen LogP contribution in [0.3, 0.4) is 0 Å². The molecule has 25 heavy (non-hydrogen) atoms. The molecular formula is C20H25N3O2. The predicted octanol–water partition coefficient (Wildman–Crippen LogP) is 3.20. The van der Waals surface area contributed by atoms with Crippen LogP contribution in [0.25, 0.3) is 0 Å². The van der Waals surface area contributed by atoms with Crippen molar-refractivity contribution in [2.45, 2.75) is 26.2 Å². The van der Waals surface area contributed by atoms with Crippen molar-refractivity contribution in [1.82, 2.24) is 5.32 Å². The second kappa shape index (κ2) is 10.3. The van der Waals surface area contributed by atoms with Gasteiger partial charge >= 0.3 is 0 Å². The van der Waals surface area contributed by atoms with Gasteiger partial charge in [0, 0.05) is 17.8 Å². The van der Waals surface area contributed by atoms with Crippen molar-refractivity contribution in [2.75, 3.05) is 23.7 Å². The minimum atomic E-state index is -0.0963. The van der Waals surface area contributed by atoms with Gasteiger partial charge in [-0.1, -0.05) is 43.3 Å². The van der Waals surface area contributed by atoms with Crippen LogP contribution in [0.2, 0.25) is 0 Å². The summed E-state index contributed by atoms with van der Waals surface area (Å²) in [5.74, 6) is -0.141. The van der Waals surface area contributed by atoms with Crippen molar-refractivity contribution in [2.24, 2.45) is 0 Å². The largest absolute Gasteiger partial charge is 0.326 e. The molecule has 3 N–H and O–H groups in total. The van der Waals surface area contributed by atoms with Crippen LogP contribution in [0.4, 0.5) is 11.4 Å². The smallest absolute Gasteiger partial charge is 0.238 e. The summed E-state index contributed by atoms with van der Waals surface area (Å²) in [6.45, 7) is 3.14. The first-order valence-corrected chi connectivity index (χ1v) is 8.62. The summed E-state index contributed by atoms with van der Waals surface area (Å²) < 4.78 is 0. The van der Waals surface area contributed by atoms with E-state index in [9.17, 15) is 9.59 Å². The minimum Gasteiger partial charge on any atom is -0.326 e. The van der Waals surface area contributed by atoms with Gasteiger partial charge in [0.1, 0.15) is 0 Å². The number of amides is 2. The van der Waals surface area contributed by atoms with Crippen LogP contribution in [-0.2, 0) is 16.0 Å². The number of aryl methyl sites for hydroxylation is 1. The van der Waals surface area contributed by atoms with E-state index >= 15 is 0 Å². The van der Waals surface area contributed by atoms with E-state index in [-0.39, 0.29) is 18.4 Å². The Kier molecular flexibility index (Phi) is 7.66. The molecule has 0 saturated heterocycles. The maximum Gasteiger partial charge on any atom is 0.238 e. The average molecular weight is 339 g/mol. The van der Waals surface area contributed by atoms with Crippen LogP contribution in [0, 0.1) is 0 Å². The lowest BCUT2D eigenvalue weighted by atomic mass is 10.1. The van der Waals surface area contributed by atoms with Crippen LogP contribution in [0.1, 0.15) is 25.3 Å². The van der Waals surface area contributed by atoms with Crippen molar-refractivity contribution >= 4 is 23.2 Å². The van der Waals surface area contributed by atoms with E-state index in [4.69, 9.17) is 0 Å². The Morgan fingerprint density at radius 2 is 1.56 bits per heavy atom. The van der Waals surface area contributed by atoms with E-state index in [2.05, 4.69) is 22.9 Å².